The number of benzene rings is 2. The van der Waals surface area contributed by atoms with Crippen LogP contribution in [0.4, 0.5) is 5.69 Å². The van der Waals surface area contributed by atoms with Crippen LogP contribution in [-0.2, 0) is 11.3 Å². The summed E-state index contributed by atoms with van der Waals surface area (Å²) in [4.78, 5) is 11.9. The van der Waals surface area contributed by atoms with E-state index in [0.717, 1.165) is 22.4 Å². The van der Waals surface area contributed by atoms with E-state index in [2.05, 4.69) is 16.7 Å². The third-order valence-electron chi connectivity index (χ3n) is 3.43. The van der Waals surface area contributed by atoms with E-state index < -0.39 is 0 Å². The summed E-state index contributed by atoms with van der Waals surface area (Å²) >= 11 is 6.21. The molecule has 0 saturated carbocycles. The van der Waals surface area contributed by atoms with Crippen molar-refractivity contribution in [2.75, 3.05) is 11.9 Å². The van der Waals surface area contributed by atoms with Crippen molar-refractivity contribution in [3.05, 3.63) is 63.7 Å². The summed E-state index contributed by atoms with van der Waals surface area (Å²) in [6, 6.07) is 12.0. The Morgan fingerprint density at radius 3 is 2.55 bits per heavy atom. The van der Waals surface area contributed by atoms with Crippen molar-refractivity contribution in [3.8, 4) is 0 Å². The molecule has 0 bridgehead atoms. The van der Waals surface area contributed by atoms with Crippen molar-refractivity contribution in [3.63, 3.8) is 0 Å². The van der Waals surface area contributed by atoms with Gasteiger partial charge < -0.3 is 10.6 Å². The van der Waals surface area contributed by atoms with Gasteiger partial charge in [0.25, 0.3) is 0 Å². The fourth-order valence-electron chi connectivity index (χ4n) is 2.39. The molecule has 0 aromatic heterocycles. The van der Waals surface area contributed by atoms with Crippen molar-refractivity contribution in [1.82, 2.24) is 5.32 Å². The molecule has 0 heterocycles. The highest BCUT2D eigenvalue weighted by atomic mass is 35.5. The Bertz CT molecular complexity index is 660. The molecule has 0 aliphatic carbocycles. The molecule has 0 fully saturated rings. The number of rotatable bonds is 5. The molecule has 0 saturated heterocycles. The van der Waals surface area contributed by atoms with E-state index in [-0.39, 0.29) is 12.5 Å². The standard InChI is InChI=1S/C18H21ClN2O/c1-12-5-4-6-15(8-12)10-20-17(22)11-21-18-14(3)7-13(2)9-16(18)19/h4-9,21H,10-11H2,1-3H3,(H,20,22). The van der Waals surface area contributed by atoms with Crippen LogP contribution in [0.3, 0.4) is 0 Å². The number of hydrogen-bond acceptors (Lipinski definition) is 2. The Labute approximate surface area is 136 Å². The van der Waals surface area contributed by atoms with E-state index in [9.17, 15) is 4.79 Å². The summed E-state index contributed by atoms with van der Waals surface area (Å²) in [5.74, 6) is -0.0578. The van der Waals surface area contributed by atoms with Crippen LogP contribution in [0, 0.1) is 20.8 Å². The molecule has 22 heavy (non-hydrogen) atoms. The second-order valence-electron chi connectivity index (χ2n) is 5.56. The molecule has 2 aromatic rings. The molecule has 4 heteroatoms. The van der Waals surface area contributed by atoms with Crippen molar-refractivity contribution in [1.29, 1.82) is 0 Å². The Morgan fingerprint density at radius 2 is 1.86 bits per heavy atom. The molecule has 2 aromatic carbocycles. The highest BCUT2D eigenvalue weighted by Gasteiger charge is 2.07. The first kappa shape index (κ1) is 16.4. The van der Waals surface area contributed by atoms with E-state index in [1.165, 1.54) is 5.56 Å². The Balaban J connectivity index is 1.88. The molecule has 0 radical (unpaired) electrons. The van der Waals surface area contributed by atoms with Crippen molar-refractivity contribution in [2.24, 2.45) is 0 Å². The summed E-state index contributed by atoms with van der Waals surface area (Å²) in [5, 5.41) is 6.66. The predicted octanol–water partition coefficient (Wildman–Crippen LogP) is 3.99. The van der Waals surface area contributed by atoms with Gasteiger partial charge >= 0.3 is 0 Å². The zero-order chi connectivity index (χ0) is 16.1. The minimum Gasteiger partial charge on any atom is -0.375 e. The maximum atomic E-state index is 11.9. The van der Waals surface area contributed by atoms with Gasteiger partial charge in [0.05, 0.1) is 17.3 Å². The monoisotopic (exact) mass is 316 g/mol. The van der Waals surface area contributed by atoms with E-state index in [0.29, 0.717) is 11.6 Å². The largest absolute Gasteiger partial charge is 0.375 e. The quantitative estimate of drug-likeness (QED) is 0.875. The smallest absolute Gasteiger partial charge is 0.239 e. The van der Waals surface area contributed by atoms with Gasteiger partial charge in [0.15, 0.2) is 0 Å². The summed E-state index contributed by atoms with van der Waals surface area (Å²) in [5.41, 5.74) is 5.25. The molecule has 3 nitrogen and oxygen atoms in total. The van der Waals surface area contributed by atoms with Crippen LogP contribution in [0.25, 0.3) is 0 Å². The maximum absolute atomic E-state index is 11.9. The average molecular weight is 317 g/mol. The molecule has 116 valence electrons. The molecule has 0 spiro atoms. The molecule has 0 aliphatic rings. The molecular formula is C18H21ClN2O. The van der Waals surface area contributed by atoms with Gasteiger partial charge in [-0.15, -0.1) is 0 Å². The second-order valence-corrected chi connectivity index (χ2v) is 5.97. The normalized spacial score (nSPS) is 10.4. The van der Waals surface area contributed by atoms with Crippen molar-refractivity contribution < 1.29 is 4.79 Å². The SMILES string of the molecule is Cc1cccc(CNC(=O)CNc2c(C)cc(C)cc2Cl)c1. The first-order valence-corrected chi connectivity index (χ1v) is 7.66. The number of amides is 1. The van der Waals surface area contributed by atoms with Crippen LogP contribution < -0.4 is 10.6 Å². The Hall–Kier alpha value is -2.00. The molecule has 2 rings (SSSR count). The fraction of sp³-hybridized carbons (Fsp3) is 0.278. The lowest BCUT2D eigenvalue weighted by molar-refractivity contribution is -0.119. The van der Waals surface area contributed by atoms with Crippen LogP contribution in [-0.4, -0.2) is 12.5 Å². The van der Waals surface area contributed by atoms with Gasteiger partial charge in [0.2, 0.25) is 5.91 Å². The average Bonchev–Trinajstić information content (AvgIpc) is 2.44. The van der Waals surface area contributed by atoms with Crippen LogP contribution in [0.2, 0.25) is 5.02 Å². The maximum Gasteiger partial charge on any atom is 0.239 e. The van der Waals surface area contributed by atoms with Crippen molar-refractivity contribution in [2.45, 2.75) is 27.3 Å². The van der Waals surface area contributed by atoms with Crippen LogP contribution >= 0.6 is 11.6 Å². The number of hydrogen-bond donors (Lipinski definition) is 2. The third-order valence-corrected chi connectivity index (χ3v) is 3.73. The predicted molar refractivity (Wildman–Crippen MR) is 92.4 cm³/mol. The fourth-order valence-corrected chi connectivity index (χ4v) is 2.78. The number of halogens is 1. The first-order chi connectivity index (χ1) is 10.5. The van der Waals surface area contributed by atoms with Gasteiger partial charge in [0, 0.05) is 6.54 Å². The summed E-state index contributed by atoms with van der Waals surface area (Å²) in [6.07, 6.45) is 0. The minimum atomic E-state index is -0.0578. The van der Waals surface area contributed by atoms with Gasteiger partial charge in [0.1, 0.15) is 0 Å². The highest BCUT2D eigenvalue weighted by molar-refractivity contribution is 6.33. The van der Waals surface area contributed by atoms with Crippen LogP contribution in [0.15, 0.2) is 36.4 Å². The zero-order valence-electron chi connectivity index (χ0n) is 13.2. The number of nitrogens with one attached hydrogen (secondary N) is 2. The van der Waals surface area contributed by atoms with Gasteiger partial charge in [-0.05, 0) is 43.5 Å². The topological polar surface area (TPSA) is 41.1 Å². The summed E-state index contributed by atoms with van der Waals surface area (Å²) < 4.78 is 0. The number of carbonyl (C=O) groups excluding carboxylic acids is 1. The molecule has 0 aliphatic heterocycles. The minimum absolute atomic E-state index is 0.0578. The Morgan fingerprint density at radius 1 is 1.09 bits per heavy atom. The Kier molecular flexibility index (Phi) is 5.45. The summed E-state index contributed by atoms with van der Waals surface area (Å²) in [7, 11) is 0. The molecule has 1 amide bonds. The number of anilines is 1. The molecule has 0 unspecified atom stereocenters. The lowest BCUT2D eigenvalue weighted by Gasteiger charge is -2.13. The highest BCUT2D eigenvalue weighted by Crippen LogP contribution is 2.26. The lowest BCUT2D eigenvalue weighted by atomic mass is 10.1. The summed E-state index contributed by atoms with van der Waals surface area (Å²) in [6.45, 7) is 6.75. The van der Waals surface area contributed by atoms with Crippen LogP contribution in [0.5, 0.6) is 0 Å². The number of aryl methyl sites for hydroxylation is 3. The van der Waals surface area contributed by atoms with Gasteiger partial charge in [-0.3, -0.25) is 4.79 Å². The van der Waals surface area contributed by atoms with Gasteiger partial charge in [-0.2, -0.15) is 0 Å². The molecular weight excluding hydrogens is 296 g/mol. The van der Waals surface area contributed by atoms with Gasteiger partial charge in [-0.1, -0.05) is 47.5 Å². The molecule has 0 atom stereocenters. The first-order valence-electron chi connectivity index (χ1n) is 7.28. The van der Waals surface area contributed by atoms with Crippen LogP contribution in [0.1, 0.15) is 22.3 Å². The lowest BCUT2D eigenvalue weighted by Crippen LogP contribution is -2.29. The van der Waals surface area contributed by atoms with Crippen molar-refractivity contribution >= 4 is 23.2 Å². The second kappa shape index (κ2) is 7.32. The van der Waals surface area contributed by atoms with E-state index >= 15 is 0 Å². The van der Waals surface area contributed by atoms with E-state index in [4.69, 9.17) is 11.6 Å². The van der Waals surface area contributed by atoms with Gasteiger partial charge in [-0.25, -0.2) is 0 Å². The zero-order valence-corrected chi connectivity index (χ0v) is 13.9. The molecule has 2 N–H and O–H groups in total. The van der Waals surface area contributed by atoms with E-state index in [1.54, 1.807) is 0 Å². The third kappa shape index (κ3) is 4.50. The number of carbonyl (C=O) groups is 1. The van der Waals surface area contributed by atoms with E-state index in [1.807, 2.05) is 51.1 Å².